The molecule has 4 rings (SSSR count). The van der Waals surface area contributed by atoms with Gasteiger partial charge in [-0.2, -0.15) is 0 Å². The Hall–Kier alpha value is -3.42. The van der Waals surface area contributed by atoms with E-state index in [4.69, 9.17) is 27.9 Å². The van der Waals surface area contributed by atoms with Crippen molar-refractivity contribution in [2.75, 3.05) is 0 Å². The predicted octanol–water partition coefficient (Wildman–Crippen LogP) is 6.41. The standard InChI is InChI=1S/C24H16Cl2F2N2O3/c25-17-6-2-5-16(21(17)28)24(33-12-31)20(13-3-1-4-15(32)9-13)23-22(29-11-30-23)14-7-8-19(27)18(26)10-14/h1-12,20,24,32H,(H,29,30). The minimum Gasteiger partial charge on any atom is -0.508 e. The fourth-order valence-corrected chi connectivity index (χ4v) is 4.12. The van der Waals surface area contributed by atoms with E-state index in [2.05, 4.69) is 9.97 Å². The Morgan fingerprint density at radius 1 is 1.03 bits per heavy atom. The Balaban J connectivity index is 1.95. The van der Waals surface area contributed by atoms with Crippen LogP contribution in [-0.2, 0) is 9.53 Å². The molecule has 0 fully saturated rings. The molecule has 0 spiro atoms. The molecule has 168 valence electrons. The van der Waals surface area contributed by atoms with E-state index in [1.807, 2.05) is 0 Å². The number of carbonyl (C=O) groups excluding carboxylic acids is 1. The van der Waals surface area contributed by atoms with Crippen molar-refractivity contribution in [3.05, 3.63) is 105 Å². The number of phenols is 1. The summed E-state index contributed by atoms with van der Waals surface area (Å²) in [6, 6.07) is 14.7. The number of carbonyl (C=O) groups is 1. The zero-order valence-electron chi connectivity index (χ0n) is 16.8. The van der Waals surface area contributed by atoms with Crippen molar-refractivity contribution in [3.63, 3.8) is 0 Å². The Kier molecular flexibility index (Phi) is 6.62. The highest BCUT2D eigenvalue weighted by Crippen LogP contribution is 2.44. The Morgan fingerprint density at radius 2 is 1.82 bits per heavy atom. The number of aromatic nitrogens is 2. The first-order chi connectivity index (χ1) is 15.9. The van der Waals surface area contributed by atoms with Crippen LogP contribution in [0, 0.1) is 11.6 Å². The van der Waals surface area contributed by atoms with Gasteiger partial charge in [0.25, 0.3) is 6.47 Å². The van der Waals surface area contributed by atoms with Gasteiger partial charge < -0.3 is 14.8 Å². The summed E-state index contributed by atoms with van der Waals surface area (Å²) in [6.45, 7) is 0.214. The van der Waals surface area contributed by atoms with E-state index < -0.39 is 23.7 Å². The van der Waals surface area contributed by atoms with E-state index in [1.165, 1.54) is 54.9 Å². The van der Waals surface area contributed by atoms with Gasteiger partial charge in [0.2, 0.25) is 0 Å². The molecule has 0 aliphatic heterocycles. The summed E-state index contributed by atoms with van der Waals surface area (Å²) >= 11 is 12.0. The van der Waals surface area contributed by atoms with Crippen molar-refractivity contribution in [1.29, 1.82) is 0 Å². The lowest BCUT2D eigenvalue weighted by molar-refractivity contribution is -0.134. The van der Waals surface area contributed by atoms with Crippen LogP contribution in [0.25, 0.3) is 11.3 Å². The molecule has 1 heterocycles. The highest BCUT2D eigenvalue weighted by molar-refractivity contribution is 6.31. The zero-order chi connectivity index (χ0) is 23.5. The molecule has 0 bridgehead atoms. The van der Waals surface area contributed by atoms with Crippen LogP contribution in [0.4, 0.5) is 8.78 Å². The van der Waals surface area contributed by atoms with Crippen molar-refractivity contribution in [3.8, 4) is 17.0 Å². The number of aromatic hydroxyl groups is 1. The number of benzene rings is 3. The lowest BCUT2D eigenvalue weighted by Crippen LogP contribution is -2.18. The maximum absolute atomic E-state index is 15.0. The van der Waals surface area contributed by atoms with E-state index in [-0.39, 0.29) is 27.8 Å². The van der Waals surface area contributed by atoms with Crippen molar-refractivity contribution in [2.24, 2.45) is 0 Å². The summed E-state index contributed by atoms with van der Waals surface area (Å²) in [4.78, 5) is 18.8. The first kappa shape index (κ1) is 22.8. The van der Waals surface area contributed by atoms with Crippen molar-refractivity contribution >= 4 is 29.7 Å². The molecule has 9 heteroatoms. The second-order valence-corrected chi connectivity index (χ2v) is 7.98. The molecule has 4 aromatic rings. The zero-order valence-corrected chi connectivity index (χ0v) is 18.3. The molecule has 5 nitrogen and oxygen atoms in total. The molecule has 3 aromatic carbocycles. The molecule has 0 aliphatic rings. The van der Waals surface area contributed by atoms with Gasteiger partial charge in [-0.1, -0.05) is 47.5 Å². The summed E-state index contributed by atoms with van der Waals surface area (Å²) in [7, 11) is 0. The van der Waals surface area contributed by atoms with Gasteiger partial charge in [-0.3, -0.25) is 4.79 Å². The number of hydrogen-bond acceptors (Lipinski definition) is 4. The molecule has 0 amide bonds. The van der Waals surface area contributed by atoms with Gasteiger partial charge in [0.15, 0.2) is 0 Å². The predicted molar refractivity (Wildman–Crippen MR) is 120 cm³/mol. The van der Waals surface area contributed by atoms with Gasteiger partial charge in [-0.15, -0.1) is 0 Å². The highest BCUT2D eigenvalue weighted by atomic mass is 35.5. The molecular formula is C24H16Cl2F2N2O3. The first-order valence-electron chi connectivity index (χ1n) is 9.71. The summed E-state index contributed by atoms with van der Waals surface area (Å²) < 4.78 is 34.2. The van der Waals surface area contributed by atoms with Crippen molar-refractivity contribution < 1.29 is 23.4 Å². The summed E-state index contributed by atoms with van der Waals surface area (Å²) in [6.07, 6.45) is 0.224. The third kappa shape index (κ3) is 4.55. The lowest BCUT2D eigenvalue weighted by atomic mass is 9.84. The molecule has 2 N–H and O–H groups in total. The number of aromatic amines is 1. The van der Waals surface area contributed by atoms with Crippen molar-refractivity contribution in [2.45, 2.75) is 12.0 Å². The molecule has 0 aliphatic carbocycles. The monoisotopic (exact) mass is 488 g/mol. The van der Waals surface area contributed by atoms with E-state index in [0.717, 1.165) is 0 Å². The molecular weight excluding hydrogens is 473 g/mol. The number of imidazole rings is 1. The second kappa shape index (κ2) is 9.60. The molecule has 33 heavy (non-hydrogen) atoms. The Labute approximate surface area is 197 Å². The number of H-pyrrole nitrogens is 1. The van der Waals surface area contributed by atoms with Gasteiger partial charge in [0.05, 0.1) is 33.7 Å². The number of hydrogen-bond donors (Lipinski definition) is 2. The van der Waals surface area contributed by atoms with Gasteiger partial charge in [0, 0.05) is 11.1 Å². The van der Waals surface area contributed by atoms with E-state index in [9.17, 15) is 14.3 Å². The number of ether oxygens (including phenoxy) is 1. The summed E-state index contributed by atoms with van der Waals surface area (Å²) in [5, 5.41) is 9.86. The van der Waals surface area contributed by atoms with Crippen LogP contribution in [0.1, 0.15) is 28.8 Å². The van der Waals surface area contributed by atoms with Crippen LogP contribution in [0.15, 0.2) is 67.0 Å². The first-order valence-corrected chi connectivity index (χ1v) is 10.5. The van der Waals surface area contributed by atoms with Gasteiger partial charge in [0.1, 0.15) is 23.5 Å². The topological polar surface area (TPSA) is 75.2 Å². The average Bonchev–Trinajstić information content (AvgIpc) is 3.27. The molecule has 2 atom stereocenters. The normalized spacial score (nSPS) is 12.8. The number of nitrogens with one attached hydrogen (secondary N) is 1. The minimum atomic E-state index is -1.18. The van der Waals surface area contributed by atoms with Crippen LogP contribution >= 0.6 is 23.2 Å². The third-order valence-corrected chi connectivity index (χ3v) is 5.78. The maximum Gasteiger partial charge on any atom is 0.293 e. The van der Waals surface area contributed by atoms with Crippen LogP contribution in [-0.4, -0.2) is 21.5 Å². The quantitative estimate of drug-likeness (QED) is 0.294. The fraction of sp³-hybridized carbons (Fsp3) is 0.0833. The molecule has 0 saturated heterocycles. The van der Waals surface area contributed by atoms with Crippen molar-refractivity contribution in [1.82, 2.24) is 9.97 Å². The van der Waals surface area contributed by atoms with Crippen LogP contribution < -0.4 is 0 Å². The Morgan fingerprint density at radius 3 is 2.55 bits per heavy atom. The van der Waals surface area contributed by atoms with Gasteiger partial charge in [-0.05, 0) is 42.0 Å². The number of halogens is 4. The lowest BCUT2D eigenvalue weighted by Gasteiger charge is -2.27. The third-order valence-electron chi connectivity index (χ3n) is 5.20. The fourth-order valence-electron chi connectivity index (χ4n) is 3.76. The summed E-state index contributed by atoms with van der Waals surface area (Å²) in [5.41, 5.74) is 1.82. The molecule has 2 unspecified atom stereocenters. The number of nitrogens with zero attached hydrogens (tertiary/aromatic N) is 1. The second-order valence-electron chi connectivity index (χ2n) is 7.16. The maximum atomic E-state index is 15.0. The highest BCUT2D eigenvalue weighted by Gasteiger charge is 2.34. The van der Waals surface area contributed by atoms with Crippen LogP contribution in [0.2, 0.25) is 10.0 Å². The minimum absolute atomic E-state index is 0.0284. The molecule has 1 aromatic heterocycles. The molecule has 0 saturated carbocycles. The van der Waals surface area contributed by atoms with Crippen LogP contribution in [0.5, 0.6) is 5.75 Å². The van der Waals surface area contributed by atoms with Gasteiger partial charge >= 0.3 is 0 Å². The molecule has 0 radical (unpaired) electrons. The van der Waals surface area contributed by atoms with E-state index >= 15 is 4.39 Å². The van der Waals surface area contributed by atoms with Crippen LogP contribution in [0.3, 0.4) is 0 Å². The van der Waals surface area contributed by atoms with E-state index in [0.29, 0.717) is 22.5 Å². The SMILES string of the molecule is O=COC(c1cccc(Cl)c1F)C(c1cccc(O)c1)c1[nH]cnc1-c1ccc(F)c(Cl)c1. The van der Waals surface area contributed by atoms with Gasteiger partial charge in [-0.25, -0.2) is 13.8 Å². The number of phenolic OH excluding ortho intramolecular Hbond substituents is 1. The number of rotatable bonds is 7. The Bertz CT molecular complexity index is 1310. The summed E-state index contributed by atoms with van der Waals surface area (Å²) in [5.74, 6) is -2.23. The van der Waals surface area contributed by atoms with E-state index in [1.54, 1.807) is 12.1 Å². The average molecular weight is 489 g/mol. The smallest absolute Gasteiger partial charge is 0.293 e. The largest absolute Gasteiger partial charge is 0.508 e.